The lowest BCUT2D eigenvalue weighted by molar-refractivity contribution is 0.0535. The molecule has 2 amide bonds. The molecule has 0 aromatic heterocycles. The number of nitrogens with zero attached hydrogens (tertiary/aromatic N) is 2. The summed E-state index contributed by atoms with van der Waals surface area (Å²) in [6.07, 6.45) is 0. The van der Waals surface area contributed by atoms with E-state index in [0.29, 0.717) is 54.6 Å². The Kier molecular flexibility index (Phi) is 4.58. The van der Waals surface area contributed by atoms with E-state index in [9.17, 15) is 9.59 Å². The highest BCUT2D eigenvalue weighted by Crippen LogP contribution is 2.32. The zero-order valence-corrected chi connectivity index (χ0v) is 15.0. The number of fused-ring (bicyclic) bond motifs is 1. The largest absolute Gasteiger partial charge is 0.497 e. The number of ether oxygens (including phenoxy) is 3. The first-order valence-electron chi connectivity index (χ1n) is 8.78. The molecule has 7 nitrogen and oxygen atoms in total. The smallest absolute Gasteiger partial charge is 0.254 e. The molecular formula is C20H20N2O5. The lowest BCUT2D eigenvalue weighted by Crippen LogP contribution is -2.50. The Bertz CT molecular complexity index is 874. The first-order chi connectivity index (χ1) is 13.2. The van der Waals surface area contributed by atoms with Gasteiger partial charge in [0, 0.05) is 37.3 Å². The molecule has 1 saturated heterocycles. The molecule has 0 radical (unpaired) electrons. The molecule has 2 aliphatic rings. The quantitative estimate of drug-likeness (QED) is 0.829. The molecule has 0 atom stereocenters. The Morgan fingerprint density at radius 3 is 2.15 bits per heavy atom. The number of methoxy groups -OCH3 is 1. The molecule has 0 saturated carbocycles. The van der Waals surface area contributed by atoms with Crippen molar-refractivity contribution < 1.29 is 23.8 Å². The van der Waals surface area contributed by atoms with Crippen LogP contribution in [-0.2, 0) is 0 Å². The van der Waals surface area contributed by atoms with E-state index < -0.39 is 0 Å². The molecular weight excluding hydrogens is 348 g/mol. The Morgan fingerprint density at radius 2 is 1.48 bits per heavy atom. The van der Waals surface area contributed by atoms with Crippen molar-refractivity contribution in [2.45, 2.75) is 0 Å². The second-order valence-electron chi connectivity index (χ2n) is 6.38. The predicted octanol–water partition coefficient (Wildman–Crippen LogP) is 2.02. The van der Waals surface area contributed by atoms with E-state index in [2.05, 4.69) is 0 Å². The lowest BCUT2D eigenvalue weighted by Gasteiger charge is -2.35. The number of amides is 2. The summed E-state index contributed by atoms with van der Waals surface area (Å²) in [4.78, 5) is 28.9. The Labute approximate surface area is 157 Å². The fourth-order valence-electron chi connectivity index (χ4n) is 3.26. The van der Waals surface area contributed by atoms with Crippen molar-refractivity contribution in [3.05, 3.63) is 53.6 Å². The summed E-state index contributed by atoms with van der Waals surface area (Å²) in [5.74, 6) is 1.77. The fourth-order valence-corrected chi connectivity index (χ4v) is 3.26. The van der Waals surface area contributed by atoms with Gasteiger partial charge in [-0.15, -0.1) is 0 Å². The van der Waals surface area contributed by atoms with Gasteiger partial charge in [0.1, 0.15) is 5.75 Å². The number of hydrogen-bond donors (Lipinski definition) is 0. The maximum absolute atomic E-state index is 12.7. The van der Waals surface area contributed by atoms with Crippen molar-refractivity contribution in [3.63, 3.8) is 0 Å². The molecule has 140 valence electrons. The highest BCUT2D eigenvalue weighted by Gasteiger charge is 2.26. The van der Waals surface area contributed by atoms with Crippen LogP contribution in [0.2, 0.25) is 0 Å². The first kappa shape index (κ1) is 17.2. The minimum absolute atomic E-state index is 0.0518. The maximum Gasteiger partial charge on any atom is 0.254 e. The van der Waals surface area contributed by atoms with Crippen molar-refractivity contribution in [2.24, 2.45) is 0 Å². The minimum atomic E-state index is -0.0678. The normalized spacial score (nSPS) is 15.6. The molecule has 7 heteroatoms. The van der Waals surface area contributed by atoms with Crippen LogP contribution in [0.5, 0.6) is 17.2 Å². The van der Waals surface area contributed by atoms with Crippen molar-refractivity contribution in [3.8, 4) is 17.2 Å². The Morgan fingerprint density at radius 1 is 0.852 bits per heavy atom. The lowest BCUT2D eigenvalue weighted by atomic mass is 10.1. The first-order valence-corrected chi connectivity index (χ1v) is 8.78. The van der Waals surface area contributed by atoms with E-state index in [-0.39, 0.29) is 18.6 Å². The van der Waals surface area contributed by atoms with Crippen molar-refractivity contribution in [1.82, 2.24) is 9.80 Å². The van der Waals surface area contributed by atoms with Gasteiger partial charge >= 0.3 is 0 Å². The number of hydrogen-bond acceptors (Lipinski definition) is 5. The predicted molar refractivity (Wildman–Crippen MR) is 97.4 cm³/mol. The molecule has 0 bridgehead atoms. The van der Waals surface area contributed by atoms with Crippen LogP contribution in [-0.4, -0.2) is 61.7 Å². The zero-order chi connectivity index (χ0) is 18.8. The molecule has 2 aliphatic heterocycles. The van der Waals surface area contributed by atoms with E-state index in [1.807, 2.05) is 0 Å². The topological polar surface area (TPSA) is 68.3 Å². The maximum atomic E-state index is 12.7. The van der Waals surface area contributed by atoms with Gasteiger partial charge in [0.15, 0.2) is 11.5 Å². The van der Waals surface area contributed by atoms with Gasteiger partial charge in [-0.25, -0.2) is 0 Å². The van der Waals surface area contributed by atoms with Crippen molar-refractivity contribution >= 4 is 11.8 Å². The van der Waals surface area contributed by atoms with E-state index in [1.165, 1.54) is 0 Å². The van der Waals surface area contributed by atoms with Gasteiger partial charge < -0.3 is 24.0 Å². The number of carbonyl (C=O) groups is 2. The van der Waals surface area contributed by atoms with Gasteiger partial charge in [0.2, 0.25) is 6.79 Å². The summed E-state index contributed by atoms with van der Waals surface area (Å²) < 4.78 is 15.8. The van der Waals surface area contributed by atoms with Crippen LogP contribution in [0.1, 0.15) is 20.7 Å². The standard InChI is InChI=1S/C20H20N2O5/c1-25-16-4-2-3-14(11-16)19(23)21-7-9-22(10-8-21)20(24)15-5-6-17-18(12-15)27-13-26-17/h2-6,11-12H,7-10,13H2,1H3. The summed E-state index contributed by atoms with van der Waals surface area (Å²) in [6, 6.07) is 12.3. The highest BCUT2D eigenvalue weighted by atomic mass is 16.7. The van der Waals surface area contributed by atoms with Gasteiger partial charge in [-0.2, -0.15) is 0 Å². The number of piperazine rings is 1. The summed E-state index contributed by atoms with van der Waals surface area (Å²) in [5, 5.41) is 0. The van der Waals surface area contributed by atoms with Gasteiger partial charge in [-0.05, 0) is 36.4 Å². The van der Waals surface area contributed by atoms with Crippen LogP contribution in [0.25, 0.3) is 0 Å². The molecule has 0 N–H and O–H groups in total. The van der Waals surface area contributed by atoms with Gasteiger partial charge in [-0.3, -0.25) is 9.59 Å². The molecule has 2 heterocycles. The molecule has 2 aromatic carbocycles. The molecule has 0 unspecified atom stereocenters. The molecule has 0 aliphatic carbocycles. The summed E-state index contributed by atoms with van der Waals surface area (Å²) in [5.41, 5.74) is 1.15. The van der Waals surface area contributed by atoms with Crippen LogP contribution in [0, 0.1) is 0 Å². The minimum Gasteiger partial charge on any atom is -0.497 e. The van der Waals surface area contributed by atoms with Crippen LogP contribution < -0.4 is 14.2 Å². The summed E-state index contributed by atoms with van der Waals surface area (Å²) >= 11 is 0. The third-order valence-electron chi connectivity index (χ3n) is 4.79. The number of rotatable bonds is 3. The summed E-state index contributed by atoms with van der Waals surface area (Å²) in [6.45, 7) is 2.14. The van der Waals surface area contributed by atoms with E-state index in [0.717, 1.165) is 0 Å². The van der Waals surface area contributed by atoms with E-state index in [1.54, 1.807) is 59.4 Å². The van der Waals surface area contributed by atoms with Gasteiger partial charge in [0.25, 0.3) is 11.8 Å². The van der Waals surface area contributed by atoms with E-state index in [4.69, 9.17) is 14.2 Å². The van der Waals surface area contributed by atoms with Crippen molar-refractivity contribution in [1.29, 1.82) is 0 Å². The molecule has 1 fully saturated rings. The molecule has 2 aromatic rings. The average molecular weight is 368 g/mol. The molecule has 4 rings (SSSR count). The van der Waals surface area contributed by atoms with Gasteiger partial charge in [-0.1, -0.05) is 6.07 Å². The second kappa shape index (κ2) is 7.19. The van der Waals surface area contributed by atoms with Crippen LogP contribution in [0.15, 0.2) is 42.5 Å². The van der Waals surface area contributed by atoms with Gasteiger partial charge in [0.05, 0.1) is 7.11 Å². The number of benzene rings is 2. The average Bonchev–Trinajstić information content (AvgIpc) is 3.20. The number of carbonyl (C=O) groups excluding carboxylic acids is 2. The third kappa shape index (κ3) is 3.40. The zero-order valence-electron chi connectivity index (χ0n) is 15.0. The van der Waals surface area contributed by atoms with Crippen LogP contribution in [0.4, 0.5) is 0 Å². The van der Waals surface area contributed by atoms with Crippen LogP contribution in [0.3, 0.4) is 0 Å². The molecule has 27 heavy (non-hydrogen) atoms. The Hall–Kier alpha value is -3.22. The molecule has 0 spiro atoms. The monoisotopic (exact) mass is 368 g/mol. The SMILES string of the molecule is COc1cccc(C(=O)N2CCN(C(=O)c3ccc4c(c3)OCO4)CC2)c1. The summed E-state index contributed by atoms with van der Waals surface area (Å²) in [7, 11) is 1.57. The third-order valence-corrected chi connectivity index (χ3v) is 4.79. The van der Waals surface area contributed by atoms with Crippen molar-refractivity contribution in [2.75, 3.05) is 40.1 Å². The Balaban J connectivity index is 1.39. The fraction of sp³-hybridized carbons (Fsp3) is 0.300. The highest BCUT2D eigenvalue weighted by molar-refractivity contribution is 5.96. The second-order valence-corrected chi connectivity index (χ2v) is 6.38. The van der Waals surface area contributed by atoms with E-state index >= 15 is 0 Å². The van der Waals surface area contributed by atoms with Crippen LogP contribution >= 0.6 is 0 Å².